The summed E-state index contributed by atoms with van der Waals surface area (Å²) >= 11 is 3.68. The fraction of sp³-hybridized carbons (Fsp3) is 0.400. The van der Waals surface area contributed by atoms with E-state index < -0.39 is 18.4 Å². The third-order valence-corrected chi connectivity index (χ3v) is 26.5. The average molecular weight is 769 g/mol. The molecule has 2 aromatic heterocycles. The summed E-state index contributed by atoms with van der Waals surface area (Å²) in [4.78, 5) is 8.95. The molecule has 0 bridgehead atoms. The fourth-order valence-electron chi connectivity index (χ4n) is 4.27. The zero-order valence-corrected chi connectivity index (χ0v) is 29.7. The molecule has 0 aliphatic heterocycles. The Kier molecular flexibility index (Phi) is 16.5. The van der Waals surface area contributed by atoms with Gasteiger partial charge in [-0.2, -0.15) is 0 Å². The maximum absolute atomic E-state index is 5.64. The Morgan fingerprint density at radius 3 is 1.71 bits per heavy atom. The van der Waals surface area contributed by atoms with Crippen LogP contribution in [-0.2, 0) is 0 Å². The molecule has 0 radical (unpaired) electrons. The van der Waals surface area contributed by atoms with Crippen LogP contribution < -0.4 is 14.5 Å². The Bertz CT molecular complexity index is 1100. The fourth-order valence-corrected chi connectivity index (χ4v) is 24.7. The first-order valence-corrected chi connectivity index (χ1v) is 23.9. The van der Waals surface area contributed by atoms with Gasteiger partial charge in [0, 0.05) is 32.1 Å². The number of unbranched alkanes of at least 4 members (excludes halogenated alkanes) is 3. The molecule has 38 heavy (non-hydrogen) atoms. The molecule has 2 heterocycles. The van der Waals surface area contributed by atoms with Crippen LogP contribution in [0.3, 0.4) is 0 Å². The van der Waals surface area contributed by atoms with Crippen molar-refractivity contribution in [2.24, 2.45) is 0 Å². The van der Waals surface area contributed by atoms with Crippen LogP contribution in [-0.4, -0.2) is 28.3 Å². The maximum Gasteiger partial charge on any atom is 0.123 e. The molecule has 0 fully saturated rings. The molecule has 4 N–H and O–H groups in total. The monoisotopic (exact) mass is 770 g/mol. The van der Waals surface area contributed by atoms with Gasteiger partial charge in [0.05, 0.1) is 0 Å². The predicted octanol–water partition coefficient (Wildman–Crippen LogP) is 9.46. The largest absolute Gasteiger partial charge is 0.399 e. The van der Waals surface area contributed by atoms with Gasteiger partial charge < -0.3 is 11.5 Å². The van der Waals surface area contributed by atoms with Gasteiger partial charge in [0.25, 0.3) is 0 Å². The van der Waals surface area contributed by atoms with E-state index >= 15 is 0 Å². The molecule has 0 amide bonds. The summed E-state index contributed by atoms with van der Waals surface area (Å²) in [6.07, 6.45) is 12.2. The van der Waals surface area contributed by atoms with Crippen LogP contribution >= 0.6 is 45.3 Å². The number of hydrogen-bond donors (Lipinski definition) is 2. The van der Waals surface area contributed by atoms with Crippen molar-refractivity contribution in [1.29, 1.82) is 0 Å². The first kappa shape index (κ1) is 33.0. The van der Waals surface area contributed by atoms with Gasteiger partial charge in [-0.1, -0.05) is 18.2 Å². The van der Waals surface area contributed by atoms with Gasteiger partial charge in [-0.15, -0.1) is 11.3 Å². The van der Waals surface area contributed by atoms with Crippen molar-refractivity contribution in [3.63, 3.8) is 0 Å². The molecule has 0 saturated heterocycles. The summed E-state index contributed by atoms with van der Waals surface area (Å²) in [5, 5.41) is 5.17. The van der Waals surface area contributed by atoms with E-state index in [1.165, 1.54) is 42.1 Å². The third-order valence-electron chi connectivity index (χ3n) is 6.33. The number of nitrogen functional groups attached to an aromatic ring is 2. The van der Waals surface area contributed by atoms with Crippen LogP contribution in [0.15, 0.2) is 71.7 Å². The molecule has 0 saturated carbocycles. The second-order valence-electron chi connectivity index (χ2n) is 9.45. The minimum absolute atomic E-state index is 0.780. The number of halogens is 1. The molecule has 4 aromatic rings. The van der Waals surface area contributed by atoms with E-state index in [9.17, 15) is 0 Å². The van der Waals surface area contributed by atoms with Crippen LogP contribution in [0.2, 0.25) is 13.3 Å². The number of thiazole rings is 2. The Morgan fingerprint density at radius 2 is 1.29 bits per heavy atom. The van der Waals surface area contributed by atoms with Crippen molar-refractivity contribution < 1.29 is 0 Å². The van der Waals surface area contributed by atoms with Crippen molar-refractivity contribution in [1.82, 2.24) is 9.97 Å². The van der Waals surface area contributed by atoms with Gasteiger partial charge in [0.2, 0.25) is 0 Å². The second-order valence-corrected chi connectivity index (χ2v) is 26.5. The quantitative estimate of drug-likeness (QED) is 0.0906. The third kappa shape index (κ3) is 11.9. The second kappa shape index (κ2) is 19.0. The minimum atomic E-state index is -2.12. The summed E-state index contributed by atoms with van der Waals surface area (Å²) in [7, 11) is 0. The molecule has 206 valence electrons. The normalized spacial score (nSPS) is 10.7. The van der Waals surface area contributed by atoms with E-state index in [4.69, 9.17) is 16.5 Å². The van der Waals surface area contributed by atoms with Crippen molar-refractivity contribution >= 4 is 78.0 Å². The van der Waals surface area contributed by atoms with Gasteiger partial charge in [0.1, 0.15) is 5.01 Å². The Hall–Kier alpha value is -1.17. The summed E-state index contributed by atoms with van der Waals surface area (Å²) in [6.45, 7) is 6.99. The standard InChI is InChI=1S/C9H8N2S.C6H6IN.3C4H9.C3H2NS.Sn/c10-8-3-1-2-7(6-8)9-11-4-5-12-9;7-5-2-1-3-6(8)4-5;3*1-3-4-2;1-2-5-3-4-1;/h1-6H,10H2;1-4H,8H2;3*1,3-4H2,2H3;1-2H;. The molecule has 0 spiro atoms. The molecule has 0 aliphatic carbocycles. The number of hydrogen-bond acceptors (Lipinski definition) is 6. The van der Waals surface area contributed by atoms with Crippen molar-refractivity contribution in [3.8, 4) is 10.6 Å². The molecule has 4 nitrogen and oxygen atoms in total. The number of aromatic nitrogens is 2. The molecular weight excluding hydrogens is 726 g/mol. The van der Waals surface area contributed by atoms with Crippen LogP contribution in [0.5, 0.6) is 0 Å². The Labute approximate surface area is 255 Å². The Morgan fingerprint density at radius 1 is 0.737 bits per heavy atom. The molecule has 0 atom stereocenters. The van der Waals surface area contributed by atoms with Gasteiger partial charge in [-0.3, -0.25) is 0 Å². The predicted molar refractivity (Wildman–Crippen MR) is 182 cm³/mol. The molecule has 2 aromatic carbocycles. The van der Waals surface area contributed by atoms with Crippen molar-refractivity contribution in [2.75, 3.05) is 11.5 Å². The van der Waals surface area contributed by atoms with E-state index in [0.29, 0.717) is 0 Å². The van der Waals surface area contributed by atoms with E-state index in [-0.39, 0.29) is 0 Å². The van der Waals surface area contributed by atoms with Gasteiger partial charge in [0.15, 0.2) is 0 Å². The van der Waals surface area contributed by atoms with Gasteiger partial charge in [-0.05, 0) is 52.9 Å². The first-order valence-electron chi connectivity index (χ1n) is 13.6. The van der Waals surface area contributed by atoms with Crippen molar-refractivity contribution in [2.45, 2.75) is 72.6 Å². The van der Waals surface area contributed by atoms with Gasteiger partial charge >= 0.3 is 122 Å². The zero-order valence-electron chi connectivity index (χ0n) is 23.0. The van der Waals surface area contributed by atoms with E-state index in [1.807, 2.05) is 71.4 Å². The topological polar surface area (TPSA) is 77.8 Å². The van der Waals surface area contributed by atoms with Crippen LogP contribution in [0.1, 0.15) is 59.3 Å². The van der Waals surface area contributed by atoms with Crippen LogP contribution in [0.4, 0.5) is 11.4 Å². The average Bonchev–Trinajstić information content (AvgIpc) is 3.65. The van der Waals surface area contributed by atoms with Crippen LogP contribution in [0, 0.1) is 3.57 Å². The molecule has 0 aliphatic rings. The first-order chi connectivity index (χ1) is 18.4. The molecule has 8 heteroatoms. The number of nitrogens with zero attached hydrogens (tertiary/aromatic N) is 2. The number of anilines is 2. The van der Waals surface area contributed by atoms with E-state index in [1.54, 1.807) is 33.9 Å². The Balaban J connectivity index is 0.000000217. The van der Waals surface area contributed by atoms with E-state index in [2.05, 4.69) is 53.7 Å². The molecule has 4 rings (SSSR count). The summed E-state index contributed by atoms with van der Waals surface area (Å²) in [5.74, 6) is 0. The smallest absolute Gasteiger partial charge is 0.123 e. The van der Waals surface area contributed by atoms with Crippen LogP contribution in [0.25, 0.3) is 10.6 Å². The summed E-state index contributed by atoms with van der Waals surface area (Å²) in [6, 6.07) is 15.5. The molecular formula is C30H43IN4S2Sn. The summed E-state index contributed by atoms with van der Waals surface area (Å²) in [5.41, 5.74) is 13.8. The number of rotatable bonds is 11. The maximum atomic E-state index is 5.64. The number of benzene rings is 2. The zero-order chi connectivity index (χ0) is 27.6. The SMILES string of the molecule is CCC[CH2][Sn]([CH2]CCC)([CH2]CCC)[c]1nccs1.Nc1cccc(-c2nccs2)c1.Nc1cccc(I)c1. The van der Waals surface area contributed by atoms with Gasteiger partial charge in [-0.25, -0.2) is 4.98 Å². The van der Waals surface area contributed by atoms with E-state index in [0.717, 1.165) is 21.9 Å². The number of nitrogens with two attached hydrogens (primary N) is 2. The minimum Gasteiger partial charge on any atom is -0.399 e. The van der Waals surface area contributed by atoms with Crippen molar-refractivity contribution in [3.05, 3.63) is 75.3 Å². The summed E-state index contributed by atoms with van der Waals surface area (Å²) < 4.78 is 7.41. The molecule has 0 unspecified atom stereocenters.